The Morgan fingerprint density at radius 3 is 2.37 bits per heavy atom. The molecule has 1 unspecified atom stereocenters. The van der Waals surface area contributed by atoms with E-state index in [4.69, 9.17) is 9.47 Å². The van der Waals surface area contributed by atoms with E-state index < -0.39 is 17.8 Å². The van der Waals surface area contributed by atoms with Crippen molar-refractivity contribution >= 4 is 21.8 Å². The van der Waals surface area contributed by atoms with Crippen molar-refractivity contribution in [1.29, 1.82) is 0 Å². The summed E-state index contributed by atoms with van der Waals surface area (Å²) in [5.74, 6) is 0.674. The fourth-order valence-corrected chi connectivity index (χ4v) is 3.03. The lowest BCUT2D eigenvalue weighted by molar-refractivity contribution is -0.137. The first-order valence-corrected chi connectivity index (χ1v) is 8.82. The Morgan fingerprint density at radius 1 is 1.15 bits per heavy atom. The maximum absolute atomic E-state index is 12.8. The van der Waals surface area contributed by atoms with Gasteiger partial charge in [-0.2, -0.15) is 13.2 Å². The molecular weight excluding hydrogens is 427 g/mol. The average molecular weight is 446 g/mol. The summed E-state index contributed by atoms with van der Waals surface area (Å²) >= 11 is 3.38. The van der Waals surface area contributed by atoms with Gasteiger partial charge in [-0.1, -0.05) is 28.1 Å². The summed E-state index contributed by atoms with van der Waals surface area (Å²) in [7, 11) is 3.00. The number of alkyl halides is 3. The largest absolute Gasteiger partial charge is 0.493 e. The third kappa shape index (κ3) is 5.38. The van der Waals surface area contributed by atoms with E-state index in [-0.39, 0.29) is 12.3 Å². The van der Waals surface area contributed by atoms with Crippen LogP contribution in [0.3, 0.4) is 0 Å². The maximum Gasteiger partial charge on any atom is 0.416 e. The van der Waals surface area contributed by atoms with E-state index in [1.807, 2.05) is 0 Å². The quantitative estimate of drug-likeness (QED) is 0.687. The van der Waals surface area contributed by atoms with Crippen molar-refractivity contribution in [2.45, 2.75) is 25.6 Å². The second kappa shape index (κ2) is 8.65. The third-order valence-electron chi connectivity index (χ3n) is 4.00. The zero-order chi connectivity index (χ0) is 20.2. The molecule has 2 aromatic rings. The van der Waals surface area contributed by atoms with Gasteiger partial charge in [0, 0.05) is 4.47 Å². The molecule has 0 heterocycles. The van der Waals surface area contributed by atoms with Gasteiger partial charge < -0.3 is 14.8 Å². The average Bonchev–Trinajstić information content (AvgIpc) is 2.62. The molecule has 0 spiro atoms. The van der Waals surface area contributed by atoms with E-state index >= 15 is 0 Å². The first kappa shape index (κ1) is 21.1. The van der Waals surface area contributed by atoms with E-state index in [0.717, 1.165) is 12.1 Å². The number of ether oxygens (including phenoxy) is 2. The van der Waals surface area contributed by atoms with Crippen molar-refractivity contribution < 1.29 is 27.4 Å². The fourth-order valence-electron chi connectivity index (χ4n) is 2.56. The molecule has 2 rings (SSSR count). The smallest absolute Gasteiger partial charge is 0.416 e. The molecule has 0 aromatic heterocycles. The van der Waals surface area contributed by atoms with Crippen LogP contribution in [0.1, 0.15) is 29.7 Å². The van der Waals surface area contributed by atoms with Gasteiger partial charge in [0.15, 0.2) is 11.5 Å². The van der Waals surface area contributed by atoms with Crippen molar-refractivity contribution in [2.75, 3.05) is 14.2 Å². The lowest BCUT2D eigenvalue weighted by Crippen LogP contribution is -2.28. The highest BCUT2D eigenvalue weighted by Gasteiger charge is 2.30. The van der Waals surface area contributed by atoms with E-state index in [9.17, 15) is 18.0 Å². The summed E-state index contributed by atoms with van der Waals surface area (Å²) < 4.78 is 49.6. The molecule has 146 valence electrons. The molecule has 2 aromatic carbocycles. The summed E-state index contributed by atoms with van der Waals surface area (Å²) in [5.41, 5.74) is 0.301. The van der Waals surface area contributed by atoms with E-state index in [1.165, 1.54) is 20.3 Å². The first-order valence-electron chi connectivity index (χ1n) is 8.02. The molecule has 4 nitrogen and oxygen atoms in total. The highest BCUT2D eigenvalue weighted by atomic mass is 79.9. The van der Waals surface area contributed by atoms with Crippen LogP contribution in [0, 0.1) is 0 Å². The molecule has 27 heavy (non-hydrogen) atoms. The maximum atomic E-state index is 12.8. The van der Waals surface area contributed by atoms with Crippen molar-refractivity contribution in [1.82, 2.24) is 5.32 Å². The Hall–Kier alpha value is -2.22. The second-order valence-corrected chi connectivity index (χ2v) is 6.74. The predicted octanol–water partition coefficient (Wildman–Crippen LogP) is 4.91. The van der Waals surface area contributed by atoms with Gasteiger partial charge in [0.05, 0.1) is 32.2 Å². The molecule has 8 heteroatoms. The summed E-state index contributed by atoms with van der Waals surface area (Å²) in [4.78, 5) is 12.4. The van der Waals surface area contributed by atoms with Gasteiger partial charge in [-0.05, 0) is 42.3 Å². The number of hydrogen-bond donors (Lipinski definition) is 1. The molecule has 1 atom stereocenters. The van der Waals surface area contributed by atoms with Crippen LogP contribution in [-0.4, -0.2) is 20.1 Å². The van der Waals surface area contributed by atoms with Crippen LogP contribution in [0.15, 0.2) is 40.9 Å². The van der Waals surface area contributed by atoms with Gasteiger partial charge in [-0.3, -0.25) is 4.79 Å². The van der Waals surface area contributed by atoms with Gasteiger partial charge in [-0.15, -0.1) is 0 Å². The molecule has 0 saturated heterocycles. The van der Waals surface area contributed by atoms with Gasteiger partial charge in [0.25, 0.3) is 0 Å². The van der Waals surface area contributed by atoms with Crippen LogP contribution in [0.2, 0.25) is 0 Å². The van der Waals surface area contributed by atoms with Crippen LogP contribution in [0.5, 0.6) is 11.5 Å². The van der Waals surface area contributed by atoms with E-state index in [2.05, 4.69) is 21.2 Å². The van der Waals surface area contributed by atoms with Gasteiger partial charge in [-0.25, -0.2) is 0 Å². The van der Waals surface area contributed by atoms with Gasteiger partial charge in [0.2, 0.25) is 5.91 Å². The van der Waals surface area contributed by atoms with Crippen molar-refractivity contribution in [3.63, 3.8) is 0 Å². The number of carbonyl (C=O) groups is 1. The summed E-state index contributed by atoms with van der Waals surface area (Å²) in [5, 5.41) is 2.72. The summed E-state index contributed by atoms with van der Waals surface area (Å²) in [6.07, 6.45) is -4.39. The van der Waals surface area contributed by atoms with Gasteiger partial charge in [0.1, 0.15) is 0 Å². The number of nitrogens with one attached hydrogen (secondary N) is 1. The molecule has 0 fully saturated rings. The van der Waals surface area contributed by atoms with Crippen molar-refractivity contribution in [2.24, 2.45) is 0 Å². The molecule has 0 bridgehead atoms. The zero-order valence-electron chi connectivity index (χ0n) is 15.0. The zero-order valence-corrected chi connectivity index (χ0v) is 16.6. The minimum absolute atomic E-state index is 0.0320. The van der Waals surface area contributed by atoms with Gasteiger partial charge >= 0.3 is 6.18 Å². The Labute approximate surface area is 163 Å². The molecule has 1 N–H and O–H groups in total. The predicted molar refractivity (Wildman–Crippen MR) is 99.0 cm³/mol. The van der Waals surface area contributed by atoms with Crippen molar-refractivity contribution in [3.05, 3.63) is 57.6 Å². The number of hydrogen-bond acceptors (Lipinski definition) is 3. The highest BCUT2D eigenvalue weighted by molar-refractivity contribution is 9.10. The molecule has 0 saturated carbocycles. The Kier molecular flexibility index (Phi) is 6.75. The van der Waals surface area contributed by atoms with Crippen LogP contribution < -0.4 is 14.8 Å². The second-order valence-electron chi connectivity index (χ2n) is 5.89. The van der Waals surface area contributed by atoms with Crippen molar-refractivity contribution in [3.8, 4) is 11.5 Å². The Balaban J connectivity index is 2.12. The molecule has 0 radical (unpaired) electrons. The fraction of sp³-hybridized carbons (Fsp3) is 0.316. The van der Waals surface area contributed by atoms with Crippen LogP contribution >= 0.6 is 15.9 Å². The van der Waals surface area contributed by atoms with Crippen LogP contribution in [-0.2, 0) is 17.4 Å². The summed E-state index contributed by atoms with van der Waals surface area (Å²) in [6, 6.07) is 7.71. The number of amides is 1. The summed E-state index contributed by atoms with van der Waals surface area (Å²) in [6.45, 7) is 1.64. The lowest BCUT2D eigenvalue weighted by atomic mass is 10.0. The topological polar surface area (TPSA) is 47.6 Å². The van der Waals surface area contributed by atoms with Crippen LogP contribution in [0.4, 0.5) is 13.2 Å². The number of rotatable bonds is 6. The number of halogens is 4. The molecule has 0 aliphatic heterocycles. The van der Waals surface area contributed by atoms with Crippen LogP contribution in [0.25, 0.3) is 0 Å². The standard InChI is InChI=1S/C19H19BrF3NO3/c1-11(12-5-4-6-14(7-12)19(21,22)23)24-18(25)9-13-8-16(26-2)17(27-3)10-15(13)20/h4-8,10-11H,9H2,1-3H3,(H,24,25). The highest BCUT2D eigenvalue weighted by Crippen LogP contribution is 2.34. The number of methoxy groups -OCH3 is 2. The molecule has 0 aliphatic carbocycles. The molecule has 1 amide bonds. The monoisotopic (exact) mass is 445 g/mol. The first-order chi connectivity index (χ1) is 12.7. The van der Waals surface area contributed by atoms with E-state index in [1.54, 1.807) is 25.1 Å². The normalized spacial score (nSPS) is 12.4. The minimum Gasteiger partial charge on any atom is -0.493 e. The number of benzene rings is 2. The molecular formula is C19H19BrF3NO3. The minimum atomic E-state index is -4.43. The Morgan fingerprint density at radius 2 is 1.78 bits per heavy atom. The lowest BCUT2D eigenvalue weighted by Gasteiger charge is -2.17. The number of carbonyl (C=O) groups excluding carboxylic acids is 1. The van der Waals surface area contributed by atoms with E-state index in [0.29, 0.717) is 27.1 Å². The molecule has 0 aliphatic rings. The third-order valence-corrected chi connectivity index (χ3v) is 4.73. The Bertz CT molecular complexity index is 824. The SMILES string of the molecule is COc1cc(Br)c(CC(=O)NC(C)c2cccc(C(F)(F)F)c2)cc1OC.